The number of nitrogens with one attached hydrogen (secondary N) is 1. The number of nitro groups is 1. The van der Waals surface area contributed by atoms with Gasteiger partial charge in [0.15, 0.2) is 0 Å². The molecule has 1 N–H and O–H groups in total. The number of hydrazone groups is 1. The van der Waals surface area contributed by atoms with Crippen LogP contribution in [0.25, 0.3) is 0 Å². The lowest BCUT2D eigenvalue weighted by molar-refractivity contribution is -0.385. The molecule has 1 fully saturated rings. The minimum Gasteiger partial charge on any atom is -0.267 e. The Labute approximate surface area is 155 Å². The van der Waals surface area contributed by atoms with Crippen molar-refractivity contribution in [2.45, 2.75) is 77.6 Å². The molecule has 0 radical (unpaired) electrons. The third-order valence-electron chi connectivity index (χ3n) is 4.99. The molecule has 0 aliphatic heterocycles. The molecule has 142 valence electrons. The van der Waals surface area contributed by atoms with Crippen molar-refractivity contribution < 1.29 is 9.72 Å². The van der Waals surface area contributed by atoms with E-state index in [1.54, 1.807) is 13.0 Å². The van der Waals surface area contributed by atoms with Gasteiger partial charge in [0.1, 0.15) is 0 Å². The highest BCUT2D eigenvalue weighted by Gasteiger charge is 2.17. The number of benzene rings is 1. The molecule has 1 aromatic carbocycles. The van der Waals surface area contributed by atoms with E-state index in [9.17, 15) is 14.9 Å². The van der Waals surface area contributed by atoms with Gasteiger partial charge in [0, 0.05) is 17.3 Å². The lowest BCUT2D eigenvalue weighted by Gasteiger charge is -2.10. The van der Waals surface area contributed by atoms with E-state index < -0.39 is 4.92 Å². The van der Waals surface area contributed by atoms with E-state index in [-0.39, 0.29) is 11.6 Å². The molecule has 1 saturated carbocycles. The molecule has 0 atom stereocenters. The Kier molecular flexibility index (Phi) is 8.25. The third kappa shape index (κ3) is 6.24. The predicted octanol–water partition coefficient (Wildman–Crippen LogP) is 5.29. The van der Waals surface area contributed by atoms with Gasteiger partial charge in [0.05, 0.1) is 10.5 Å². The molecule has 1 aliphatic carbocycles. The second kappa shape index (κ2) is 10.7. The van der Waals surface area contributed by atoms with E-state index in [2.05, 4.69) is 10.5 Å². The molecule has 1 aromatic rings. The lowest BCUT2D eigenvalue weighted by atomic mass is 10.00. The summed E-state index contributed by atoms with van der Waals surface area (Å²) in [6, 6.07) is 4.53. The normalized spacial score (nSPS) is 16.9. The maximum Gasteiger partial charge on any atom is 0.273 e. The standard InChI is InChI=1S/C20H29N3O3/c1-16-18(14-11-15-19(16)23(25)26)20(24)22-21-17-12-9-7-5-3-2-4-6-8-10-13-17/h11,14-15H,2-10,12-13H2,1H3,(H,22,24). The largest absolute Gasteiger partial charge is 0.273 e. The van der Waals surface area contributed by atoms with Crippen LogP contribution in [0.15, 0.2) is 23.3 Å². The molecular formula is C20H29N3O3. The molecule has 1 aliphatic rings. The summed E-state index contributed by atoms with van der Waals surface area (Å²) in [5, 5.41) is 15.4. The van der Waals surface area contributed by atoms with E-state index in [1.165, 1.54) is 57.1 Å². The van der Waals surface area contributed by atoms with Crippen molar-refractivity contribution in [1.29, 1.82) is 0 Å². The van der Waals surface area contributed by atoms with Crippen LogP contribution in [0.2, 0.25) is 0 Å². The molecule has 0 heterocycles. The fourth-order valence-corrected chi connectivity index (χ4v) is 3.39. The van der Waals surface area contributed by atoms with Crippen molar-refractivity contribution in [3.8, 4) is 0 Å². The molecule has 0 aromatic heterocycles. The molecule has 2 rings (SSSR count). The maximum atomic E-state index is 12.4. The van der Waals surface area contributed by atoms with Gasteiger partial charge >= 0.3 is 0 Å². The molecular weight excluding hydrogens is 330 g/mol. The number of hydrogen-bond acceptors (Lipinski definition) is 4. The smallest absolute Gasteiger partial charge is 0.267 e. The molecule has 0 unspecified atom stereocenters. The summed E-state index contributed by atoms with van der Waals surface area (Å²) in [4.78, 5) is 23.0. The van der Waals surface area contributed by atoms with Crippen LogP contribution in [0.4, 0.5) is 5.69 Å². The Balaban J connectivity index is 2.01. The van der Waals surface area contributed by atoms with Gasteiger partial charge in [0.2, 0.25) is 0 Å². The summed E-state index contributed by atoms with van der Waals surface area (Å²) in [7, 11) is 0. The monoisotopic (exact) mass is 359 g/mol. The summed E-state index contributed by atoms with van der Waals surface area (Å²) in [5.41, 5.74) is 4.27. The van der Waals surface area contributed by atoms with E-state index in [1.807, 2.05) is 0 Å². The highest BCUT2D eigenvalue weighted by atomic mass is 16.6. The van der Waals surface area contributed by atoms with Gasteiger partial charge in [-0.3, -0.25) is 14.9 Å². The van der Waals surface area contributed by atoms with Gasteiger partial charge in [-0.05, 0) is 38.7 Å². The van der Waals surface area contributed by atoms with E-state index >= 15 is 0 Å². The quantitative estimate of drug-likeness (QED) is 0.587. The van der Waals surface area contributed by atoms with Crippen molar-refractivity contribution in [2.75, 3.05) is 0 Å². The zero-order chi connectivity index (χ0) is 18.8. The van der Waals surface area contributed by atoms with Gasteiger partial charge in [-0.15, -0.1) is 0 Å². The summed E-state index contributed by atoms with van der Waals surface area (Å²) in [5.74, 6) is -0.384. The second-order valence-corrected chi connectivity index (χ2v) is 7.01. The number of amides is 1. The predicted molar refractivity (Wildman–Crippen MR) is 104 cm³/mol. The van der Waals surface area contributed by atoms with Crippen LogP contribution < -0.4 is 5.43 Å². The number of carbonyl (C=O) groups is 1. The Morgan fingerprint density at radius 3 is 2.08 bits per heavy atom. The van der Waals surface area contributed by atoms with Crippen LogP contribution in [0.3, 0.4) is 0 Å². The van der Waals surface area contributed by atoms with Gasteiger partial charge in [-0.2, -0.15) is 5.10 Å². The Morgan fingerprint density at radius 2 is 1.54 bits per heavy atom. The number of rotatable bonds is 3. The van der Waals surface area contributed by atoms with Gasteiger partial charge in [0.25, 0.3) is 11.6 Å². The van der Waals surface area contributed by atoms with Gasteiger partial charge in [-0.1, -0.05) is 51.0 Å². The third-order valence-corrected chi connectivity index (χ3v) is 4.99. The van der Waals surface area contributed by atoms with Crippen LogP contribution in [0.1, 0.15) is 86.6 Å². The summed E-state index contributed by atoms with van der Waals surface area (Å²) in [6.07, 6.45) is 13.0. The van der Waals surface area contributed by atoms with Crippen LogP contribution in [0, 0.1) is 17.0 Å². The van der Waals surface area contributed by atoms with E-state index in [4.69, 9.17) is 0 Å². The molecule has 0 bridgehead atoms. The average molecular weight is 359 g/mol. The highest BCUT2D eigenvalue weighted by molar-refractivity contribution is 5.97. The molecule has 0 saturated heterocycles. The Bertz CT molecular complexity index is 642. The minimum absolute atomic E-state index is 0.0451. The van der Waals surface area contributed by atoms with Crippen molar-refractivity contribution >= 4 is 17.3 Å². The number of carbonyl (C=O) groups excluding carboxylic acids is 1. The summed E-state index contributed by atoms with van der Waals surface area (Å²) >= 11 is 0. The molecule has 1 amide bonds. The SMILES string of the molecule is Cc1c(C(=O)NN=C2CCCCCCCCCCC2)cccc1[N+](=O)[O-]. The van der Waals surface area contributed by atoms with Crippen LogP contribution in [-0.4, -0.2) is 16.5 Å². The fourth-order valence-electron chi connectivity index (χ4n) is 3.39. The van der Waals surface area contributed by atoms with Crippen molar-refractivity contribution in [3.63, 3.8) is 0 Å². The van der Waals surface area contributed by atoms with Crippen molar-refractivity contribution in [1.82, 2.24) is 5.43 Å². The lowest BCUT2D eigenvalue weighted by Crippen LogP contribution is -2.21. The highest BCUT2D eigenvalue weighted by Crippen LogP contribution is 2.21. The first-order chi connectivity index (χ1) is 12.6. The first-order valence-electron chi connectivity index (χ1n) is 9.69. The topological polar surface area (TPSA) is 84.6 Å². The van der Waals surface area contributed by atoms with E-state index in [0.717, 1.165) is 31.4 Å². The number of hydrogen-bond donors (Lipinski definition) is 1. The average Bonchev–Trinajstić information content (AvgIpc) is 2.61. The Hall–Kier alpha value is -2.24. The minimum atomic E-state index is -0.467. The number of nitro benzene ring substituents is 1. The molecule has 6 nitrogen and oxygen atoms in total. The Morgan fingerprint density at radius 1 is 1.00 bits per heavy atom. The summed E-state index contributed by atoms with van der Waals surface area (Å²) in [6.45, 7) is 1.59. The molecule has 0 spiro atoms. The molecule has 26 heavy (non-hydrogen) atoms. The second-order valence-electron chi connectivity index (χ2n) is 7.01. The van der Waals surface area contributed by atoms with Gasteiger partial charge < -0.3 is 0 Å². The van der Waals surface area contributed by atoms with Crippen molar-refractivity contribution in [2.24, 2.45) is 5.10 Å². The first-order valence-corrected chi connectivity index (χ1v) is 9.69. The maximum absolute atomic E-state index is 12.4. The molecule has 6 heteroatoms. The van der Waals surface area contributed by atoms with Crippen LogP contribution in [-0.2, 0) is 0 Å². The fraction of sp³-hybridized carbons (Fsp3) is 0.600. The van der Waals surface area contributed by atoms with Crippen LogP contribution in [0.5, 0.6) is 0 Å². The van der Waals surface area contributed by atoms with Crippen LogP contribution >= 0.6 is 0 Å². The van der Waals surface area contributed by atoms with Gasteiger partial charge in [-0.25, -0.2) is 5.43 Å². The summed E-state index contributed by atoms with van der Waals surface area (Å²) < 4.78 is 0. The van der Waals surface area contributed by atoms with E-state index in [0.29, 0.717) is 11.1 Å². The first kappa shape index (κ1) is 20.1. The van der Waals surface area contributed by atoms with Crippen molar-refractivity contribution in [3.05, 3.63) is 39.4 Å². The number of nitrogens with zero attached hydrogens (tertiary/aromatic N) is 2. The zero-order valence-electron chi connectivity index (χ0n) is 15.6. The zero-order valence-corrected chi connectivity index (χ0v) is 15.6.